The number of nitrogens with one attached hydrogen (secondary N) is 2. The topological polar surface area (TPSA) is 125 Å². The van der Waals surface area contributed by atoms with Crippen LogP contribution >= 0.6 is 0 Å². The van der Waals surface area contributed by atoms with Crippen molar-refractivity contribution >= 4 is 17.5 Å². The number of ether oxygens (including phenoxy) is 1. The molecule has 10 nitrogen and oxygen atoms in total. The van der Waals surface area contributed by atoms with Gasteiger partial charge in [-0.25, -0.2) is 9.48 Å². The van der Waals surface area contributed by atoms with Gasteiger partial charge < -0.3 is 20.3 Å². The molecule has 0 saturated heterocycles. The molecule has 10 heteroatoms. The molecule has 0 bridgehead atoms. The van der Waals surface area contributed by atoms with Gasteiger partial charge in [-0.2, -0.15) is 5.10 Å². The summed E-state index contributed by atoms with van der Waals surface area (Å²) in [7, 11) is 0. The van der Waals surface area contributed by atoms with E-state index in [4.69, 9.17) is 9.84 Å². The van der Waals surface area contributed by atoms with E-state index in [1.807, 2.05) is 30.3 Å². The van der Waals surface area contributed by atoms with Gasteiger partial charge >= 0.3 is 6.03 Å². The van der Waals surface area contributed by atoms with E-state index < -0.39 is 0 Å². The third kappa shape index (κ3) is 8.87. The van der Waals surface area contributed by atoms with Crippen molar-refractivity contribution in [3.63, 3.8) is 0 Å². The molecule has 2 aromatic heterocycles. The summed E-state index contributed by atoms with van der Waals surface area (Å²) >= 11 is 0. The van der Waals surface area contributed by atoms with Crippen molar-refractivity contribution in [2.45, 2.75) is 45.6 Å². The highest BCUT2D eigenvalue weighted by Gasteiger charge is 2.22. The first-order valence-corrected chi connectivity index (χ1v) is 14.1. The fourth-order valence-corrected chi connectivity index (χ4v) is 4.32. The van der Waals surface area contributed by atoms with Crippen molar-refractivity contribution in [3.05, 3.63) is 90.4 Å². The molecule has 0 saturated carbocycles. The van der Waals surface area contributed by atoms with Crippen LogP contribution in [0.15, 0.2) is 79.1 Å². The van der Waals surface area contributed by atoms with Gasteiger partial charge in [0, 0.05) is 62.4 Å². The van der Waals surface area contributed by atoms with Crippen molar-refractivity contribution in [1.82, 2.24) is 19.7 Å². The van der Waals surface area contributed by atoms with Gasteiger partial charge in [0.15, 0.2) is 0 Å². The van der Waals surface area contributed by atoms with Crippen LogP contribution < -0.4 is 15.4 Å². The number of rotatable bonds is 13. The quantitative estimate of drug-likeness (QED) is 0.165. The summed E-state index contributed by atoms with van der Waals surface area (Å²) in [5.41, 5.74) is 3.18. The average molecular weight is 573 g/mol. The minimum absolute atomic E-state index is 0.138. The third-order valence-electron chi connectivity index (χ3n) is 6.57. The van der Waals surface area contributed by atoms with Gasteiger partial charge in [-0.05, 0) is 66.9 Å². The van der Waals surface area contributed by atoms with Gasteiger partial charge in [0.25, 0.3) is 0 Å². The van der Waals surface area contributed by atoms with Crippen LogP contribution in [0.3, 0.4) is 0 Å². The molecule has 2 heterocycles. The number of benzene rings is 2. The third-order valence-corrected chi connectivity index (χ3v) is 6.57. The zero-order valence-electron chi connectivity index (χ0n) is 24.5. The highest BCUT2D eigenvalue weighted by atomic mass is 16.5. The largest absolute Gasteiger partial charge is 0.457 e. The number of carbonyl (C=O) groups is 1. The Balaban J connectivity index is 1.46. The van der Waals surface area contributed by atoms with E-state index in [1.165, 1.54) is 0 Å². The Morgan fingerprint density at radius 3 is 2.10 bits per heavy atom. The summed E-state index contributed by atoms with van der Waals surface area (Å²) in [6.45, 7) is 8.75. The van der Waals surface area contributed by atoms with Crippen LogP contribution in [0, 0.1) is 0 Å². The number of anilines is 2. The van der Waals surface area contributed by atoms with Crippen molar-refractivity contribution in [2.24, 2.45) is 0 Å². The fourth-order valence-electron chi connectivity index (χ4n) is 4.32. The minimum atomic E-state index is -0.389. The molecule has 42 heavy (non-hydrogen) atoms. The maximum Gasteiger partial charge on any atom is 0.324 e. The van der Waals surface area contributed by atoms with Crippen LogP contribution in [0.2, 0.25) is 0 Å². The Bertz CT molecular complexity index is 1390. The minimum Gasteiger partial charge on any atom is -0.457 e. The first-order valence-electron chi connectivity index (χ1n) is 14.1. The van der Waals surface area contributed by atoms with Gasteiger partial charge in [0.05, 0.1) is 11.4 Å². The maximum atomic E-state index is 13.0. The molecular formula is C32H40N6O4. The second kappa shape index (κ2) is 14.6. The van der Waals surface area contributed by atoms with Gasteiger partial charge in [0.2, 0.25) is 0 Å². The molecule has 222 valence electrons. The summed E-state index contributed by atoms with van der Waals surface area (Å²) in [5, 5.41) is 29.1. The van der Waals surface area contributed by atoms with Crippen molar-refractivity contribution in [3.8, 4) is 17.2 Å². The number of nitrogens with zero attached hydrogens (tertiary/aromatic N) is 4. The first-order chi connectivity index (χ1) is 20.2. The van der Waals surface area contributed by atoms with Crippen LogP contribution in [-0.4, -0.2) is 62.2 Å². The number of aromatic nitrogens is 3. The van der Waals surface area contributed by atoms with E-state index in [9.17, 15) is 15.0 Å². The van der Waals surface area contributed by atoms with Gasteiger partial charge in [-0.1, -0.05) is 32.9 Å². The summed E-state index contributed by atoms with van der Waals surface area (Å²) in [5.74, 6) is 1.88. The standard InChI is InChI=1S/C32H40N6O4/c1-32(2,3)29-22-30(35-31(41)34-25-8-12-27(13-9-25)42-28-14-16-33-17-15-28)38(36-29)26-10-6-24(7-11-26)23-37(18-4-20-39)19-5-21-40/h6-17,22,39-40H,4-5,18-21,23H2,1-3H3,(H2,34,35,41). The molecule has 4 N–H and O–H groups in total. The predicted octanol–water partition coefficient (Wildman–Crippen LogP) is 5.57. The highest BCUT2D eigenvalue weighted by Crippen LogP contribution is 2.27. The molecule has 2 aromatic carbocycles. The SMILES string of the molecule is CC(C)(C)c1cc(NC(=O)Nc2ccc(Oc3ccncc3)cc2)n(-c2ccc(CN(CCCO)CCCO)cc2)n1. The number of hydrogen-bond donors (Lipinski definition) is 4. The van der Waals surface area contributed by atoms with Gasteiger partial charge in [-0.3, -0.25) is 15.2 Å². The summed E-state index contributed by atoms with van der Waals surface area (Å²) in [4.78, 5) is 19.2. The van der Waals surface area contributed by atoms with Gasteiger partial charge in [0.1, 0.15) is 17.3 Å². The molecule has 0 unspecified atom stereocenters. The second-order valence-corrected chi connectivity index (χ2v) is 11.1. The molecule has 0 atom stereocenters. The summed E-state index contributed by atoms with van der Waals surface area (Å²) in [6.07, 6.45) is 4.70. The van der Waals surface area contributed by atoms with Crippen LogP contribution in [0.25, 0.3) is 5.69 Å². The second-order valence-electron chi connectivity index (χ2n) is 11.1. The maximum absolute atomic E-state index is 13.0. The van der Waals surface area contributed by atoms with Crippen molar-refractivity contribution in [1.29, 1.82) is 0 Å². The molecule has 2 amide bonds. The normalized spacial score (nSPS) is 11.5. The zero-order chi connectivity index (χ0) is 30.0. The summed E-state index contributed by atoms with van der Waals surface area (Å²) in [6, 6.07) is 20.2. The lowest BCUT2D eigenvalue weighted by molar-refractivity contribution is 0.196. The molecule has 0 aliphatic rings. The lowest BCUT2D eigenvalue weighted by Crippen LogP contribution is -2.26. The zero-order valence-corrected chi connectivity index (χ0v) is 24.5. The lowest BCUT2D eigenvalue weighted by Gasteiger charge is -2.22. The van der Waals surface area contributed by atoms with E-state index in [0.29, 0.717) is 42.4 Å². The lowest BCUT2D eigenvalue weighted by atomic mass is 9.92. The van der Waals surface area contributed by atoms with Crippen LogP contribution in [0.1, 0.15) is 44.9 Å². The first kappa shape index (κ1) is 30.7. The smallest absolute Gasteiger partial charge is 0.324 e. The number of aliphatic hydroxyl groups excluding tert-OH is 2. The van der Waals surface area contributed by atoms with Crippen LogP contribution in [-0.2, 0) is 12.0 Å². The fraction of sp³-hybridized carbons (Fsp3) is 0.344. The Hall–Kier alpha value is -4.25. The number of hydrogen-bond acceptors (Lipinski definition) is 7. The van der Waals surface area contributed by atoms with Crippen LogP contribution in [0.4, 0.5) is 16.3 Å². The number of amides is 2. The Labute approximate surface area is 247 Å². The van der Waals surface area contributed by atoms with E-state index in [-0.39, 0.29) is 24.7 Å². The Kier molecular flexibility index (Phi) is 10.7. The number of urea groups is 1. The van der Waals surface area contributed by atoms with Crippen LogP contribution in [0.5, 0.6) is 11.5 Å². The average Bonchev–Trinajstić information content (AvgIpc) is 3.40. The molecule has 4 rings (SSSR count). The molecule has 0 aliphatic heterocycles. The number of aliphatic hydroxyl groups is 2. The number of pyridine rings is 1. The van der Waals surface area contributed by atoms with E-state index in [1.54, 1.807) is 53.5 Å². The number of carbonyl (C=O) groups excluding carboxylic acids is 1. The van der Waals surface area contributed by atoms with E-state index in [2.05, 4.69) is 41.3 Å². The van der Waals surface area contributed by atoms with E-state index in [0.717, 1.165) is 30.0 Å². The Morgan fingerprint density at radius 2 is 1.50 bits per heavy atom. The predicted molar refractivity (Wildman–Crippen MR) is 164 cm³/mol. The molecule has 4 aromatic rings. The van der Waals surface area contributed by atoms with E-state index >= 15 is 0 Å². The molecule has 0 fully saturated rings. The molecule has 0 radical (unpaired) electrons. The van der Waals surface area contributed by atoms with Crippen molar-refractivity contribution in [2.75, 3.05) is 36.9 Å². The molecular weight excluding hydrogens is 532 g/mol. The van der Waals surface area contributed by atoms with Gasteiger partial charge in [-0.15, -0.1) is 0 Å². The highest BCUT2D eigenvalue weighted by molar-refractivity contribution is 5.99. The molecule has 0 spiro atoms. The Morgan fingerprint density at radius 1 is 0.881 bits per heavy atom. The monoisotopic (exact) mass is 572 g/mol. The molecule has 0 aliphatic carbocycles. The summed E-state index contributed by atoms with van der Waals surface area (Å²) < 4.78 is 7.54. The van der Waals surface area contributed by atoms with Crippen molar-refractivity contribution < 1.29 is 19.7 Å².